The molecule has 0 unspecified atom stereocenters. The molecule has 23 heavy (non-hydrogen) atoms. The van der Waals surface area contributed by atoms with Crippen LogP contribution in [0.15, 0.2) is 30.5 Å². The van der Waals surface area contributed by atoms with Crippen LogP contribution in [0, 0.1) is 13.8 Å². The fraction of sp³-hybridized carbons (Fsp3) is 0.389. The number of amides is 1. The van der Waals surface area contributed by atoms with Crippen LogP contribution in [0.2, 0.25) is 0 Å². The average Bonchev–Trinajstić information content (AvgIpc) is 2.55. The van der Waals surface area contributed by atoms with Crippen LogP contribution >= 0.6 is 0 Å². The lowest BCUT2D eigenvalue weighted by atomic mass is 10.1. The summed E-state index contributed by atoms with van der Waals surface area (Å²) in [5.41, 5.74) is 3.59. The van der Waals surface area contributed by atoms with E-state index in [1.54, 1.807) is 12.3 Å². The predicted octanol–water partition coefficient (Wildman–Crippen LogP) is 3.76. The van der Waals surface area contributed by atoms with E-state index in [1.807, 2.05) is 32.0 Å². The Hall–Kier alpha value is -2.43. The number of rotatable bonds is 7. The van der Waals surface area contributed by atoms with Crippen LogP contribution in [0.3, 0.4) is 0 Å². The normalized spacial score (nSPS) is 10.4. The minimum absolute atomic E-state index is 0.159. The van der Waals surface area contributed by atoms with Crippen LogP contribution in [0.4, 0.5) is 11.6 Å². The molecule has 0 aliphatic heterocycles. The number of nitrogens with one attached hydrogen (secondary N) is 2. The topological polar surface area (TPSA) is 66.9 Å². The smallest absolute Gasteiger partial charge is 0.270 e. The molecule has 0 fully saturated rings. The highest BCUT2D eigenvalue weighted by molar-refractivity contribution is 5.92. The van der Waals surface area contributed by atoms with Gasteiger partial charge in [0, 0.05) is 18.4 Å². The maximum absolute atomic E-state index is 12.1. The van der Waals surface area contributed by atoms with Crippen molar-refractivity contribution in [3.05, 3.63) is 47.3 Å². The summed E-state index contributed by atoms with van der Waals surface area (Å²) in [6.45, 7) is 6.87. The highest BCUT2D eigenvalue weighted by Crippen LogP contribution is 2.22. The van der Waals surface area contributed by atoms with Crippen LogP contribution in [0.25, 0.3) is 0 Å². The van der Waals surface area contributed by atoms with Gasteiger partial charge in [-0.05, 0) is 37.5 Å². The first-order valence-electron chi connectivity index (χ1n) is 8.06. The van der Waals surface area contributed by atoms with Gasteiger partial charge in [-0.25, -0.2) is 9.97 Å². The summed E-state index contributed by atoms with van der Waals surface area (Å²) in [4.78, 5) is 20.6. The van der Waals surface area contributed by atoms with E-state index in [0.717, 1.165) is 36.1 Å². The monoisotopic (exact) mass is 312 g/mol. The molecule has 0 spiro atoms. The second-order valence-electron chi connectivity index (χ2n) is 5.62. The van der Waals surface area contributed by atoms with E-state index >= 15 is 0 Å². The number of para-hydroxylation sites is 1. The van der Waals surface area contributed by atoms with Crippen molar-refractivity contribution in [1.82, 2.24) is 15.3 Å². The minimum Gasteiger partial charge on any atom is -0.351 e. The van der Waals surface area contributed by atoms with Gasteiger partial charge in [-0.1, -0.05) is 38.0 Å². The van der Waals surface area contributed by atoms with Gasteiger partial charge >= 0.3 is 0 Å². The first-order valence-corrected chi connectivity index (χ1v) is 8.06. The second-order valence-corrected chi connectivity index (χ2v) is 5.62. The number of aryl methyl sites for hydroxylation is 2. The van der Waals surface area contributed by atoms with Crippen LogP contribution in [0.5, 0.6) is 0 Å². The Kier molecular flexibility index (Phi) is 6.09. The van der Waals surface area contributed by atoms with E-state index in [0.29, 0.717) is 18.2 Å². The number of unbranched alkanes of at least 4 members (excludes halogenated alkanes) is 2. The number of hydrogen-bond donors (Lipinski definition) is 2. The van der Waals surface area contributed by atoms with Crippen molar-refractivity contribution in [3.63, 3.8) is 0 Å². The molecule has 0 saturated heterocycles. The van der Waals surface area contributed by atoms with Gasteiger partial charge in [0.2, 0.25) is 5.95 Å². The largest absolute Gasteiger partial charge is 0.351 e. The molecule has 1 aromatic carbocycles. The van der Waals surface area contributed by atoms with Crippen LogP contribution in [0.1, 0.15) is 47.8 Å². The second kappa shape index (κ2) is 8.27. The molecule has 0 atom stereocenters. The average molecular weight is 312 g/mol. The molecule has 1 amide bonds. The third-order valence-electron chi connectivity index (χ3n) is 3.67. The van der Waals surface area contributed by atoms with Gasteiger partial charge in [-0.15, -0.1) is 0 Å². The molecule has 0 bridgehead atoms. The fourth-order valence-corrected chi connectivity index (χ4v) is 2.34. The zero-order valence-electron chi connectivity index (χ0n) is 14.0. The first-order chi connectivity index (χ1) is 11.1. The highest BCUT2D eigenvalue weighted by atomic mass is 16.1. The number of carbonyl (C=O) groups is 1. The zero-order valence-corrected chi connectivity index (χ0v) is 14.0. The Labute approximate surface area is 137 Å². The Morgan fingerprint density at radius 1 is 1.13 bits per heavy atom. The molecule has 5 heteroatoms. The molecule has 0 radical (unpaired) electrons. The molecule has 2 N–H and O–H groups in total. The van der Waals surface area contributed by atoms with Crippen LogP contribution in [-0.2, 0) is 0 Å². The SMILES string of the molecule is CCCCCNC(=O)c1ccnc(Nc2c(C)cccc2C)n1. The van der Waals surface area contributed by atoms with E-state index in [9.17, 15) is 4.79 Å². The molecule has 5 nitrogen and oxygen atoms in total. The molecular formula is C18H24N4O. The molecule has 0 saturated carbocycles. The Bertz CT molecular complexity index is 650. The molecule has 2 aromatic rings. The van der Waals surface area contributed by atoms with Crippen molar-refractivity contribution >= 4 is 17.5 Å². The van der Waals surface area contributed by atoms with Crippen LogP contribution < -0.4 is 10.6 Å². The Balaban J connectivity index is 2.06. The van der Waals surface area contributed by atoms with Gasteiger partial charge in [0.05, 0.1) is 0 Å². The van der Waals surface area contributed by atoms with Gasteiger partial charge < -0.3 is 10.6 Å². The number of carbonyl (C=O) groups excluding carboxylic acids is 1. The fourth-order valence-electron chi connectivity index (χ4n) is 2.34. The van der Waals surface area contributed by atoms with Gasteiger partial charge in [0.1, 0.15) is 5.69 Å². The maximum atomic E-state index is 12.1. The summed E-state index contributed by atoms with van der Waals surface area (Å²) in [6.07, 6.45) is 4.83. The van der Waals surface area contributed by atoms with Gasteiger partial charge in [0.15, 0.2) is 0 Å². The van der Waals surface area contributed by atoms with Crippen molar-refractivity contribution < 1.29 is 4.79 Å². The summed E-state index contributed by atoms with van der Waals surface area (Å²) in [5.74, 6) is 0.275. The number of hydrogen-bond acceptors (Lipinski definition) is 4. The van der Waals surface area contributed by atoms with E-state index < -0.39 is 0 Å². The molecule has 0 aliphatic rings. The number of aromatic nitrogens is 2. The molecule has 0 aliphatic carbocycles. The number of benzene rings is 1. The van der Waals surface area contributed by atoms with Crippen molar-refractivity contribution in [2.75, 3.05) is 11.9 Å². The molecule has 1 heterocycles. The summed E-state index contributed by atoms with van der Waals surface area (Å²) < 4.78 is 0. The van der Waals surface area contributed by atoms with E-state index in [-0.39, 0.29) is 5.91 Å². The highest BCUT2D eigenvalue weighted by Gasteiger charge is 2.09. The summed E-state index contributed by atoms with van der Waals surface area (Å²) in [5, 5.41) is 6.10. The number of nitrogens with zero attached hydrogens (tertiary/aromatic N) is 2. The van der Waals surface area contributed by atoms with E-state index in [4.69, 9.17) is 0 Å². The lowest BCUT2D eigenvalue weighted by Gasteiger charge is -2.11. The van der Waals surface area contributed by atoms with Crippen molar-refractivity contribution in [3.8, 4) is 0 Å². The summed E-state index contributed by atoms with van der Waals surface area (Å²) in [7, 11) is 0. The lowest BCUT2D eigenvalue weighted by Crippen LogP contribution is -2.25. The van der Waals surface area contributed by atoms with Crippen LogP contribution in [-0.4, -0.2) is 22.4 Å². The summed E-state index contributed by atoms with van der Waals surface area (Å²) in [6, 6.07) is 7.70. The van der Waals surface area contributed by atoms with Crippen molar-refractivity contribution in [2.45, 2.75) is 40.0 Å². The predicted molar refractivity (Wildman–Crippen MR) is 93.1 cm³/mol. The van der Waals surface area contributed by atoms with Gasteiger partial charge in [-0.2, -0.15) is 0 Å². The summed E-state index contributed by atoms with van der Waals surface area (Å²) >= 11 is 0. The van der Waals surface area contributed by atoms with Gasteiger partial charge in [-0.3, -0.25) is 4.79 Å². The van der Waals surface area contributed by atoms with Crippen molar-refractivity contribution in [2.24, 2.45) is 0 Å². The quantitative estimate of drug-likeness (QED) is 0.764. The third kappa shape index (κ3) is 4.77. The molecule has 1 aromatic heterocycles. The maximum Gasteiger partial charge on any atom is 0.270 e. The van der Waals surface area contributed by atoms with E-state index in [2.05, 4.69) is 27.5 Å². The lowest BCUT2D eigenvalue weighted by molar-refractivity contribution is 0.0948. The number of anilines is 2. The molecule has 2 rings (SSSR count). The Morgan fingerprint density at radius 3 is 2.57 bits per heavy atom. The standard InChI is InChI=1S/C18H24N4O/c1-4-5-6-11-19-17(23)15-10-12-20-18(21-15)22-16-13(2)8-7-9-14(16)3/h7-10,12H,4-6,11H2,1-3H3,(H,19,23)(H,20,21,22). The zero-order chi connectivity index (χ0) is 16.7. The third-order valence-corrected chi connectivity index (χ3v) is 3.67. The molecular weight excluding hydrogens is 288 g/mol. The Morgan fingerprint density at radius 2 is 1.87 bits per heavy atom. The van der Waals surface area contributed by atoms with Crippen molar-refractivity contribution in [1.29, 1.82) is 0 Å². The minimum atomic E-state index is -0.159. The van der Waals surface area contributed by atoms with Gasteiger partial charge in [0.25, 0.3) is 5.91 Å². The van der Waals surface area contributed by atoms with E-state index in [1.165, 1.54) is 0 Å². The first kappa shape index (κ1) is 16.9. The molecule has 122 valence electrons.